The number of aromatic nitrogens is 1. The molecule has 0 bridgehead atoms. The van der Waals surface area contributed by atoms with E-state index in [-0.39, 0.29) is 17.2 Å². The third kappa shape index (κ3) is 3.57. The second-order valence-electron chi connectivity index (χ2n) is 5.91. The first kappa shape index (κ1) is 18.4. The average molecular weight is 378 g/mol. The highest BCUT2D eigenvalue weighted by Gasteiger charge is 2.22. The maximum Gasteiger partial charge on any atom is 0.244 e. The summed E-state index contributed by atoms with van der Waals surface area (Å²) in [7, 11) is -0.829. The molecule has 6 nitrogen and oxygen atoms in total. The molecule has 26 heavy (non-hydrogen) atoms. The van der Waals surface area contributed by atoms with Crippen molar-refractivity contribution in [3.8, 4) is 5.75 Å². The van der Waals surface area contributed by atoms with Crippen molar-refractivity contribution >= 4 is 20.9 Å². The summed E-state index contributed by atoms with van der Waals surface area (Å²) in [6.07, 6.45) is 0.855. The molecule has 2 N–H and O–H groups in total. The normalized spacial score (nSPS) is 13.1. The van der Waals surface area contributed by atoms with Crippen LogP contribution < -0.4 is 9.46 Å². The van der Waals surface area contributed by atoms with Gasteiger partial charge in [-0.15, -0.1) is 0 Å². The monoisotopic (exact) mass is 378 g/mol. The van der Waals surface area contributed by atoms with E-state index < -0.39 is 21.9 Å². The molecule has 3 aromatic rings. The van der Waals surface area contributed by atoms with E-state index in [1.54, 1.807) is 12.1 Å². The largest absolute Gasteiger partial charge is 0.495 e. The van der Waals surface area contributed by atoms with Crippen molar-refractivity contribution in [2.75, 3.05) is 13.7 Å². The number of aliphatic hydroxyl groups is 1. The first-order valence-corrected chi connectivity index (χ1v) is 9.36. The molecule has 0 saturated heterocycles. The van der Waals surface area contributed by atoms with Crippen LogP contribution in [0.1, 0.15) is 11.7 Å². The first-order chi connectivity index (χ1) is 12.3. The summed E-state index contributed by atoms with van der Waals surface area (Å²) in [6.45, 7) is -0.250. The van der Waals surface area contributed by atoms with Crippen molar-refractivity contribution in [3.05, 3.63) is 60.0 Å². The van der Waals surface area contributed by atoms with Crippen LogP contribution in [0.15, 0.2) is 53.6 Å². The van der Waals surface area contributed by atoms with Crippen LogP contribution in [-0.4, -0.2) is 31.7 Å². The van der Waals surface area contributed by atoms with Crippen molar-refractivity contribution in [1.82, 2.24) is 9.29 Å². The number of benzene rings is 2. The molecule has 1 heterocycles. The number of nitrogens with one attached hydrogen (secondary N) is 1. The molecular formula is C18H19FN2O4S. The van der Waals surface area contributed by atoms with Crippen molar-refractivity contribution in [2.45, 2.75) is 11.0 Å². The van der Waals surface area contributed by atoms with Gasteiger partial charge in [-0.25, -0.2) is 17.5 Å². The number of aliphatic hydroxyl groups excluding tert-OH is 1. The van der Waals surface area contributed by atoms with Gasteiger partial charge in [-0.3, -0.25) is 0 Å². The maximum atomic E-state index is 13.4. The zero-order chi connectivity index (χ0) is 18.9. The van der Waals surface area contributed by atoms with Gasteiger partial charge in [0.25, 0.3) is 0 Å². The molecule has 0 fully saturated rings. The summed E-state index contributed by atoms with van der Waals surface area (Å²) < 4.78 is 47.5. The molecule has 0 aliphatic carbocycles. The van der Waals surface area contributed by atoms with Crippen molar-refractivity contribution in [1.29, 1.82) is 0 Å². The van der Waals surface area contributed by atoms with Crippen LogP contribution in [0.5, 0.6) is 5.75 Å². The lowest BCUT2D eigenvalue weighted by atomic mass is 10.1. The summed E-state index contributed by atoms with van der Waals surface area (Å²) in [5.41, 5.74) is 1.59. The molecule has 1 aromatic heterocycles. The maximum absolute atomic E-state index is 13.4. The van der Waals surface area contributed by atoms with Crippen LogP contribution >= 0.6 is 0 Å². The minimum Gasteiger partial charge on any atom is -0.495 e. The number of rotatable bonds is 6. The molecule has 1 unspecified atom stereocenters. The predicted octanol–water partition coefficient (Wildman–Crippen LogP) is 2.34. The average Bonchev–Trinajstić information content (AvgIpc) is 3.00. The van der Waals surface area contributed by atoms with Gasteiger partial charge in [0, 0.05) is 25.3 Å². The number of nitrogens with zero attached hydrogens (tertiary/aromatic N) is 1. The van der Waals surface area contributed by atoms with E-state index in [0.29, 0.717) is 5.56 Å². The zero-order valence-electron chi connectivity index (χ0n) is 14.3. The highest BCUT2D eigenvalue weighted by Crippen LogP contribution is 2.25. The van der Waals surface area contributed by atoms with Crippen LogP contribution in [-0.2, 0) is 17.1 Å². The number of sulfonamides is 1. The fraction of sp³-hybridized carbons (Fsp3) is 0.222. The van der Waals surface area contributed by atoms with E-state index in [4.69, 9.17) is 4.74 Å². The number of hydrogen-bond acceptors (Lipinski definition) is 4. The Bertz CT molecular complexity index is 1050. The summed E-state index contributed by atoms with van der Waals surface area (Å²) in [5, 5.41) is 11.3. The predicted molar refractivity (Wildman–Crippen MR) is 96.0 cm³/mol. The lowest BCUT2D eigenvalue weighted by Crippen LogP contribution is -2.29. The van der Waals surface area contributed by atoms with Crippen LogP contribution in [0.4, 0.5) is 4.39 Å². The fourth-order valence-corrected chi connectivity index (χ4v) is 3.97. The Hall–Kier alpha value is -2.42. The Labute approximate surface area is 150 Å². The van der Waals surface area contributed by atoms with Gasteiger partial charge in [0.2, 0.25) is 10.0 Å². The smallest absolute Gasteiger partial charge is 0.244 e. The van der Waals surface area contributed by atoms with Gasteiger partial charge >= 0.3 is 0 Å². The summed E-state index contributed by atoms with van der Waals surface area (Å²) in [5.74, 6) is -0.666. The van der Waals surface area contributed by atoms with Crippen LogP contribution in [0, 0.1) is 5.82 Å². The third-order valence-corrected chi connectivity index (χ3v) is 5.62. The summed E-state index contributed by atoms with van der Waals surface area (Å²) in [6, 6.07) is 10.5. The van der Waals surface area contributed by atoms with Crippen molar-refractivity contribution < 1.29 is 22.7 Å². The van der Waals surface area contributed by atoms with Crippen LogP contribution in [0.25, 0.3) is 10.9 Å². The van der Waals surface area contributed by atoms with Crippen molar-refractivity contribution in [3.63, 3.8) is 0 Å². The molecule has 0 aliphatic rings. The molecule has 138 valence electrons. The number of hydrogen-bond donors (Lipinski definition) is 2. The number of aryl methyl sites for hydroxylation is 1. The highest BCUT2D eigenvalue weighted by atomic mass is 32.2. The Balaban J connectivity index is 1.79. The molecule has 2 aromatic carbocycles. The molecule has 3 rings (SSSR count). The lowest BCUT2D eigenvalue weighted by molar-refractivity contribution is 0.182. The Kier molecular flexibility index (Phi) is 4.99. The standard InChI is InChI=1S/C18H19FN2O4S/c1-21-8-7-12-9-13(3-5-15(12)21)16(22)11-20-26(23,24)18-10-14(19)4-6-17(18)25-2/h3-10,16,20,22H,11H2,1-2H3. The quantitative estimate of drug-likeness (QED) is 0.690. The Morgan fingerprint density at radius 1 is 1.23 bits per heavy atom. The van der Waals surface area contributed by atoms with Gasteiger partial charge in [0.15, 0.2) is 0 Å². The first-order valence-electron chi connectivity index (χ1n) is 7.88. The van der Waals surface area contributed by atoms with E-state index in [1.165, 1.54) is 13.2 Å². The number of halogens is 1. The molecule has 0 radical (unpaired) electrons. The molecular weight excluding hydrogens is 359 g/mol. The highest BCUT2D eigenvalue weighted by molar-refractivity contribution is 7.89. The number of ether oxygens (including phenoxy) is 1. The SMILES string of the molecule is COc1ccc(F)cc1S(=O)(=O)NCC(O)c1ccc2c(ccn2C)c1. The Morgan fingerprint density at radius 2 is 2.00 bits per heavy atom. The summed E-state index contributed by atoms with van der Waals surface area (Å²) in [4.78, 5) is -0.314. The van der Waals surface area contributed by atoms with Gasteiger partial charge in [-0.2, -0.15) is 0 Å². The second-order valence-corrected chi connectivity index (χ2v) is 7.64. The Morgan fingerprint density at radius 3 is 2.73 bits per heavy atom. The van der Waals surface area contributed by atoms with Crippen LogP contribution in [0.3, 0.4) is 0 Å². The zero-order valence-corrected chi connectivity index (χ0v) is 15.1. The molecule has 0 aliphatic heterocycles. The lowest BCUT2D eigenvalue weighted by Gasteiger charge is -2.14. The molecule has 0 saturated carbocycles. The molecule has 0 spiro atoms. The van der Waals surface area contributed by atoms with Gasteiger partial charge < -0.3 is 14.4 Å². The second kappa shape index (κ2) is 7.06. The van der Waals surface area contributed by atoms with E-state index >= 15 is 0 Å². The van der Waals surface area contributed by atoms with Gasteiger partial charge in [-0.05, 0) is 47.3 Å². The topological polar surface area (TPSA) is 80.6 Å². The minimum absolute atomic E-state index is 0.0269. The van der Waals surface area contributed by atoms with E-state index in [0.717, 1.165) is 23.0 Å². The number of methoxy groups -OCH3 is 1. The molecule has 0 amide bonds. The fourth-order valence-electron chi connectivity index (χ4n) is 2.75. The molecule has 1 atom stereocenters. The third-order valence-electron chi connectivity index (χ3n) is 4.18. The minimum atomic E-state index is -4.05. The van der Waals surface area contributed by atoms with Crippen LogP contribution in [0.2, 0.25) is 0 Å². The van der Waals surface area contributed by atoms with E-state index in [1.807, 2.05) is 29.9 Å². The number of fused-ring (bicyclic) bond motifs is 1. The molecule has 8 heteroatoms. The van der Waals surface area contributed by atoms with E-state index in [9.17, 15) is 17.9 Å². The van der Waals surface area contributed by atoms with Gasteiger partial charge in [0.05, 0.1) is 13.2 Å². The summed E-state index contributed by atoms with van der Waals surface area (Å²) >= 11 is 0. The van der Waals surface area contributed by atoms with Gasteiger partial charge in [0.1, 0.15) is 16.5 Å². The van der Waals surface area contributed by atoms with Crippen molar-refractivity contribution in [2.24, 2.45) is 7.05 Å². The van der Waals surface area contributed by atoms with E-state index in [2.05, 4.69) is 4.72 Å². The van der Waals surface area contributed by atoms with Gasteiger partial charge in [-0.1, -0.05) is 6.07 Å².